The van der Waals surface area contributed by atoms with E-state index in [1.54, 1.807) is 7.11 Å². The van der Waals surface area contributed by atoms with Crippen LogP contribution in [0.2, 0.25) is 10.0 Å². The van der Waals surface area contributed by atoms with Crippen molar-refractivity contribution in [2.45, 2.75) is 32.9 Å². The second kappa shape index (κ2) is 9.77. The van der Waals surface area contributed by atoms with E-state index in [1.807, 2.05) is 61.7 Å². The summed E-state index contributed by atoms with van der Waals surface area (Å²) in [6.45, 7) is 6.30. The number of methoxy groups -OCH3 is 1. The van der Waals surface area contributed by atoms with Crippen molar-refractivity contribution in [2.24, 2.45) is 0 Å². The number of benzene rings is 2. The van der Waals surface area contributed by atoms with E-state index in [1.165, 1.54) is 0 Å². The number of aromatic nitrogens is 2. The fraction of sp³-hybridized carbons (Fsp3) is 0.214. The lowest BCUT2D eigenvalue weighted by Gasteiger charge is -2.28. The predicted octanol–water partition coefficient (Wildman–Crippen LogP) is 7.29. The summed E-state index contributed by atoms with van der Waals surface area (Å²) in [5.74, 6) is 0.617. The predicted molar refractivity (Wildman–Crippen MR) is 151 cm³/mol. The third kappa shape index (κ3) is 4.13. The normalized spacial score (nSPS) is 17.4. The minimum atomic E-state index is -0.158. The first-order valence-corrected chi connectivity index (χ1v) is 12.8. The Morgan fingerprint density at radius 2 is 1.78 bits per heavy atom. The summed E-state index contributed by atoms with van der Waals surface area (Å²) in [6.07, 6.45) is 1.81. The molecular formula is C28H26Cl2N4OS. The van der Waals surface area contributed by atoms with E-state index >= 15 is 0 Å². The number of ether oxygens (including phenoxy) is 1. The maximum absolute atomic E-state index is 6.53. The summed E-state index contributed by atoms with van der Waals surface area (Å²) in [5.41, 5.74) is 7.25. The van der Waals surface area contributed by atoms with Crippen LogP contribution < -0.4 is 15.0 Å². The van der Waals surface area contributed by atoms with Gasteiger partial charge in [-0.1, -0.05) is 35.3 Å². The van der Waals surface area contributed by atoms with Crippen LogP contribution in [-0.4, -0.2) is 21.8 Å². The lowest BCUT2D eigenvalue weighted by atomic mass is 9.96. The molecule has 0 aliphatic carbocycles. The van der Waals surface area contributed by atoms with Gasteiger partial charge in [-0.25, -0.2) is 0 Å². The molecule has 1 aliphatic rings. The SMILES string of the molecule is COc1ccc(N2C(=S)N[C@@H](c3ccccn3)[C@@H]2c2cc(C)n(-c3cccc(Cl)c3C)c2C)cc1Cl. The molecule has 4 aromatic rings. The highest BCUT2D eigenvalue weighted by molar-refractivity contribution is 7.80. The summed E-state index contributed by atoms with van der Waals surface area (Å²) in [7, 11) is 1.61. The van der Waals surface area contributed by atoms with Gasteiger partial charge in [0, 0.05) is 34.0 Å². The molecule has 2 aromatic carbocycles. The maximum atomic E-state index is 6.53. The van der Waals surface area contributed by atoms with E-state index in [4.69, 9.17) is 40.2 Å². The van der Waals surface area contributed by atoms with Gasteiger partial charge < -0.3 is 19.5 Å². The van der Waals surface area contributed by atoms with E-state index in [2.05, 4.69) is 45.7 Å². The van der Waals surface area contributed by atoms with E-state index in [0.717, 1.165) is 44.6 Å². The third-order valence-corrected chi connectivity index (χ3v) is 7.80. The molecule has 0 radical (unpaired) electrons. The minimum absolute atomic E-state index is 0.156. The van der Waals surface area contributed by atoms with E-state index in [9.17, 15) is 0 Å². The zero-order chi connectivity index (χ0) is 25.6. The molecule has 1 aliphatic heterocycles. The Hall–Kier alpha value is -3.06. The van der Waals surface area contributed by atoms with Crippen molar-refractivity contribution in [1.29, 1.82) is 0 Å². The van der Waals surface area contributed by atoms with Crippen molar-refractivity contribution in [3.8, 4) is 11.4 Å². The number of thiocarbonyl (C=S) groups is 1. The summed E-state index contributed by atoms with van der Waals surface area (Å²) < 4.78 is 7.63. The molecule has 0 unspecified atom stereocenters. The number of aryl methyl sites for hydroxylation is 1. The Balaban J connectivity index is 1.70. The molecule has 0 saturated carbocycles. The van der Waals surface area contributed by atoms with Crippen LogP contribution in [0.3, 0.4) is 0 Å². The van der Waals surface area contributed by atoms with Crippen molar-refractivity contribution in [3.63, 3.8) is 0 Å². The number of halogens is 2. The minimum Gasteiger partial charge on any atom is -0.495 e. The fourth-order valence-electron chi connectivity index (χ4n) is 5.05. The third-order valence-electron chi connectivity index (χ3n) is 6.78. The van der Waals surface area contributed by atoms with Crippen LogP contribution in [0.4, 0.5) is 5.69 Å². The molecule has 0 spiro atoms. The van der Waals surface area contributed by atoms with Crippen LogP contribution in [0.25, 0.3) is 5.69 Å². The molecule has 0 amide bonds. The van der Waals surface area contributed by atoms with Crippen molar-refractivity contribution < 1.29 is 4.74 Å². The first-order chi connectivity index (χ1) is 17.3. The van der Waals surface area contributed by atoms with E-state index < -0.39 is 0 Å². The van der Waals surface area contributed by atoms with Gasteiger partial charge in [-0.2, -0.15) is 0 Å². The highest BCUT2D eigenvalue weighted by Crippen LogP contribution is 2.45. The van der Waals surface area contributed by atoms with Gasteiger partial charge in [0.1, 0.15) is 5.75 Å². The Morgan fingerprint density at radius 1 is 0.972 bits per heavy atom. The van der Waals surface area contributed by atoms with E-state index in [-0.39, 0.29) is 12.1 Å². The first kappa shape index (κ1) is 24.6. The second-order valence-corrected chi connectivity index (χ2v) is 10.1. The zero-order valence-corrected chi connectivity index (χ0v) is 22.7. The van der Waals surface area contributed by atoms with Crippen LogP contribution in [0.1, 0.15) is 40.3 Å². The Bertz CT molecular complexity index is 1450. The average molecular weight is 538 g/mol. The Morgan fingerprint density at radius 3 is 2.47 bits per heavy atom. The molecule has 36 heavy (non-hydrogen) atoms. The van der Waals surface area contributed by atoms with Crippen molar-refractivity contribution in [1.82, 2.24) is 14.9 Å². The number of anilines is 1. The molecule has 2 aromatic heterocycles. The van der Waals surface area contributed by atoms with Crippen LogP contribution >= 0.6 is 35.4 Å². The van der Waals surface area contributed by atoms with Gasteiger partial charge in [0.15, 0.2) is 5.11 Å². The van der Waals surface area contributed by atoms with Crippen LogP contribution in [0.15, 0.2) is 66.9 Å². The first-order valence-electron chi connectivity index (χ1n) is 11.6. The highest BCUT2D eigenvalue weighted by atomic mass is 35.5. The van der Waals surface area contributed by atoms with Gasteiger partial charge in [-0.15, -0.1) is 0 Å². The average Bonchev–Trinajstić information content (AvgIpc) is 3.36. The summed E-state index contributed by atoms with van der Waals surface area (Å²) in [4.78, 5) is 6.79. The van der Waals surface area contributed by atoms with Gasteiger partial charge in [-0.05, 0) is 92.6 Å². The fourth-order valence-corrected chi connectivity index (χ4v) is 5.82. The molecule has 1 saturated heterocycles. The molecule has 0 bridgehead atoms. The topological polar surface area (TPSA) is 42.3 Å². The van der Waals surface area contributed by atoms with Gasteiger partial charge in [-0.3, -0.25) is 4.98 Å². The van der Waals surface area contributed by atoms with Crippen LogP contribution in [0, 0.1) is 20.8 Å². The van der Waals surface area contributed by atoms with Crippen molar-refractivity contribution in [2.75, 3.05) is 12.0 Å². The lowest BCUT2D eigenvalue weighted by molar-refractivity contribution is 0.415. The van der Waals surface area contributed by atoms with Crippen LogP contribution in [0.5, 0.6) is 5.75 Å². The molecule has 5 rings (SSSR count). The number of pyridine rings is 1. The van der Waals surface area contributed by atoms with Crippen molar-refractivity contribution in [3.05, 3.63) is 105 Å². The largest absolute Gasteiger partial charge is 0.495 e. The second-order valence-electron chi connectivity index (χ2n) is 8.86. The van der Waals surface area contributed by atoms with Crippen molar-refractivity contribution >= 4 is 46.2 Å². The van der Waals surface area contributed by atoms with Gasteiger partial charge in [0.05, 0.1) is 29.9 Å². The zero-order valence-electron chi connectivity index (χ0n) is 20.4. The summed E-state index contributed by atoms with van der Waals surface area (Å²) >= 11 is 18.9. The standard InChI is InChI=1S/C28H26Cl2N4OS/c1-16-14-20(18(3)33(16)24-10-7-8-21(29)17(24)2)27-26(23-9-5-6-13-31-23)32-28(36)34(27)19-11-12-25(35-4)22(30)15-19/h5-15,26-27H,1-4H3,(H,32,36)/t26-,27-/m0/s1. The molecule has 5 nitrogen and oxygen atoms in total. The monoisotopic (exact) mass is 536 g/mol. The molecule has 1 fully saturated rings. The molecule has 2 atom stereocenters. The highest BCUT2D eigenvalue weighted by Gasteiger charge is 2.42. The number of rotatable bonds is 5. The quantitative estimate of drug-likeness (QED) is 0.271. The number of nitrogens with zero attached hydrogens (tertiary/aromatic N) is 3. The number of hydrogen-bond donors (Lipinski definition) is 1. The Kier molecular flexibility index (Phi) is 6.68. The number of hydrogen-bond acceptors (Lipinski definition) is 3. The smallest absolute Gasteiger partial charge is 0.174 e. The molecular weight excluding hydrogens is 511 g/mol. The van der Waals surface area contributed by atoms with Crippen LogP contribution in [-0.2, 0) is 0 Å². The molecule has 8 heteroatoms. The van der Waals surface area contributed by atoms with Gasteiger partial charge in [0.25, 0.3) is 0 Å². The Labute approximate surface area is 226 Å². The lowest BCUT2D eigenvalue weighted by Crippen LogP contribution is -2.29. The van der Waals surface area contributed by atoms with E-state index in [0.29, 0.717) is 15.9 Å². The summed E-state index contributed by atoms with van der Waals surface area (Å²) in [5, 5.41) is 5.40. The summed E-state index contributed by atoms with van der Waals surface area (Å²) in [6, 6.07) is 19.6. The maximum Gasteiger partial charge on any atom is 0.174 e. The van der Waals surface area contributed by atoms with Gasteiger partial charge >= 0.3 is 0 Å². The molecule has 184 valence electrons. The van der Waals surface area contributed by atoms with Gasteiger partial charge in [0.2, 0.25) is 0 Å². The molecule has 3 heterocycles. The molecule has 1 N–H and O–H groups in total. The number of nitrogens with one attached hydrogen (secondary N) is 1.